The lowest BCUT2D eigenvalue weighted by molar-refractivity contribution is 0.415. The second-order valence-electron chi connectivity index (χ2n) is 4.07. The molecule has 5 heteroatoms. The van der Waals surface area contributed by atoms with Crippen molar-refractivity contribution >= 4 is 23.0 Å². The second kappa shape index (κ2) is 6.24. The molecule has 0 aliphatic heterocycles. The van der Waals surface area contributed by atoms with Gasteiger partial charge in [0.05, 0.1) is 19.4 Å². The van der Waals surface area contributed by atoms with Gasteiger partial charge in [0.1, 0.15) is 11.5 Å². The first kappa shape index (κ1) is 13.4. The van der Waals surface area contributed by atoms with Crippen molar-refractivity contribution in [1.29, 1.82) is 0 Å². The lowest BCUT2D eigenvalue weighted by Crippen LogP contribution is -2.30. The Morgan fingerprint density at radius 1 is 1.32 bits per heavy atom. The van der Waals surface area contributed by atoms with Crippen molar-refractivity contribution in [2.24, 2.45) is 0 Å². The summed E-state index contributed by atoms with van der Waals surface area (Å²) >= 11 is 5.26. The molecular formula is C14H16N2O2S. The highest BCUT2D eigenvalue weighted by molar-refractivity contribution is 7.80. The molecule has 0 unspecified atom stereocenters. The van der Waals surface area contributed by atoms with Crippen LogP contribution < -0.4 is 15.4 Å². The van der Waals surface area contributed by atoms with Crippen LogP contribution in [-0.4, -0.2) is 12.2 Å². The van der Waals surface area contributed by atoms with Crippen molar-refractivity contribution in [2.75, 3.05) is 12.4 Å². The van der Waals surface area contributed by atoms with Gasteiger partial charge in [-0.15, -0.1) is 0 Å². The molecule has 0 saturated heterocycles. The van der Waals surface area contributed by atoms with Crippen molar-refractivity contribution in [3.63, 3.8) is 0 Å². The van der Waals surface area contributed by atoms with Crippen LogP contribution in [0.1, 0.15) is 18.7 Å². The molecule has 0 spiro atoms. The van der Waals surface area contributed by atoms with Crippen LogP contribution in [0, 0.1) is 0 Å². The third-order valence-corrected chi connectivity index (χ3v) is 2.87. The SMILES string of the molecule is COc1cccc(NC(=S)N[C@H](C)c2ccco2)c1. The topological polar surface area (TPSA) is 46.4 Å². The molecule has 0 aliphatic rings. The van der Waals surface area contributed by atoms with Crippen LogP contribution in [0.5, 0.6) is 5.75 Å². The summed E-state index contributed by atoms with van der Waals surface area (Å²) in [5, 5.41) is 6.80. The monoisotopic (exact) mass is 276 g/mol. The van der Waals surface area contributed by atoms with E-state index in [1.807, 2.05) is 43.3 Å². The van der Waals surface area contributed by atoms with Crippen LogP contribution in [0.25, 0.3) is 0 Å². The molecule has 1 atom stereocenters. The largest absolute Gasteiger partial charge is 0.497 e. The van der Waals surface area contributed by atoms with E-state index in [1.165, 1.54) is 0 Å². The molecule has 0 radical (unpaired) electrons. The van der Waals surface area contributed by atoms with E-state index in [0.29, 0.717) is 5.11 Å². The molecule has 2 aromatic rings. The molecule has 1 heterocycles. The predicted molar refractivity (Wildman–Crippen MR) is 79.5 cm³/mol. The van der Waals surface area contributed by atoms with Gasteiger partial charge in [-0.25, -0.2) is 0 Å². The van der Waals surface area contributed by atoms with Crippen molar-refractivity contribution in [1.82, 2.24) is 5.32 Å². The van der Waals surface area contributed by atoms with Gasteiger partial charge in [0, 0.05) is 11.8 Å². The Morgan fingerprint density at radius 2 is 2.16 bits per heavy atom. The van der Waals surface area contributed by atoms with Crippen LogP contribution in [-0.2, 0) is 0 Å². The van der Waals surface area contributed by atoms with Gasteiger partial charge < -0.3 is 19.8 Å². The minimum Gasteiger partial charge on any atom is -0.497 e. The van der Waals surface area contributed by atoms with Gasteiger partial charge in [0.2, 0.25) is 0 Å². The smallest absolute Gasteiger partial charge is 0.171 e. The first-order valence-corrected chi connectivity index (χ1v) is 6.35. The lowest BCUT2D eigenvalue weighted by Gasteiger charge is -2.15. The van der Waals surface area contributed by atoms with E-state index in [0.717, 1.165) is 17.2 Å². The highest BCUT2D eigenvalue weighted by Crippen LogP contribution is 2.17. The minimum absolute atomic E-state index is 0.0145. The molecule has 0 fully saturated rings. The van der Waals surface area contributed by atoms with Gasteiger partial charge in [-0.3, -0.25) is 0 Å². The maximum Gasteiger partial charge on any atom is 0.171 e. The third kappa shape index (κ3) is 3.72. The summed E-state index contributed by atoms with van der Waals surface area (Å²) in [6.45, 7) is 1.98. The van der Waals surface area contributed by atoms with Gasteiger partial charge >= 0.3 is 0 Å². The molecule has 100 valence electrons. The maximum atomic E-state index is 5.31. The van der Waals surface area contributed by atoms with E-state index in [4.69, 9.17) is 21.4 Å². The fourth-order valence-electron chi connectivity index (χ4n) is 1.67. The Kier molecular flexibility index (Phi) is 4.41. The van der Waals surface area contributed by atoms with Gasteiger partial charge in [0.15, 0.2) is 5.11 Å². The van der Waals surface area contributed by atoms with Crippen LogP contribution in [0.3, 0.4) is 0 Å². The lowest BCUT2D eigenvalue weighted by atomic mass is 10.2. The Labute approximate surface area is 117 Å². The van der Waals surface area contributed by atoms with Crippen molar-refractivity contribution < 1.29 is 9.15 Å². The van der Waals surface area contributed by atoms with E-state index in [2.05, 4.69) is 10.6 Å². The number of benzene rings is 1. The number of methoxy groups -OCH3 is 1. The number of nitrogens with one attached hydrogen (secondary N) is 2. The predicted octanol–water partition coefficient (Wildman–Crippen LogP) is 3.34. The standard InChI is InChI=1S/C14H16N2O2S/c1-10(13-7-4-8-18-13)15-14(19)16-11-5-3-6-12(9-11)17-2/h3-10H,1-2H3,(H2,15,16,19)/t10-/m1/s1. The van der Waals surface area contributed by atoms with Crippen LogP contribution in [0.4, 0.5) is 5.69 Å². The quantitative estimate of drug-likeness (QED) is 0.839. The highest BCUT2D eigenvalue weighted by Gasteiger charge is 2.09. The van der Waals surface area contributed by atoms with Gasteiger partial charge in [-0.1, -0.05) is 6.07 Å². The average Bonchev–Trinajstić information content (AvgIpc) is 2.92. The summed E-state index contributed by atoms with van der Waals surface area (Å²) in [5.41, 5.74) is 0.878. The number of hydrogen-bond acceptors (Lipinski definition) is 3. The Hall–Kier alpha value is -2.01. The summed E-state index contributed by atoms with van der Waals surface area (Å²) < 4.78 is 10.5. The van der Waals surface area contributed by atoms with E-state index < -0.39 is 0 Å². The summed E-state index contributed by atoms with van der Waals surface area (Å²) in [6.07, 6.45) is 1.64. The average molecular weight is 276 g/mol. The molecule has 0 saturated carbocycles. The molecule has 0 bridgehead atoms. The zero-order valence-electron chi connectivity index (χ0n) is 10.8. The maximum absolute atomic E-state index is 5.31. The van der Waals surface area contributed by atoms with Gasteiger partial charge in [-0.2, -0.15) is 0 Å². The molecule has 2 rings (SSSR count). The molecule has 1 aromatic heterocycles. The van der Waals surface area contributed by atoms with Crippen LogP contribution in [0.15, 0.2) is 47.1 Å². The number of anilines is 1. The fraction of sp³-hybridized carbons (Fsp3) is 0.214. The molecule has 0 aliphatic carbocycles. The van der Waals surface area contributed by atoms with E-state index in [1.54, 1.807) is 13.4 Å². The minimum atomic E-state index is 0.0145. The van der Waals surface area contributed by atoms with E-state index in [9.17, 15) is 0 Å². The van der Waals surface area contributed by atoms with Gasteiger partial charge in [-0.05, 0) is 43.4 Å². The normalized spacial score (nSPS) is 11.7. The Morgan fingerprint density at radius 3 is 2.84 bits per heavy atom. The summed E-state index contributed by atoms with van der Waals surface area (Å²) in [5.74, 6) is 1.63. The Balaban J connectivity index is 1.93. The second-order valence-corrected chi connectivity index (χ2v) is 4.48. The summed E-state index contributed by atoms with van der Waals surface area (Å²) in [6, 6.07) is 11.4. The highest BCUT2D eigenvalue weighted by atomic mass is 32.1. The molecule has 1 aromatic carbocycles. The first-order valence-electron chi connectivity index (χ1n) is 5.94. The number of thiocarbonyl (C=S) groups is 1. The van der Waals surface area contributed by atoms with Crippen LogP contribution >= 0.6 is 12.2 Å². The van der Waals surface area contributed by atoms with E-state index >= 15 is 0 Å². The summed E-state index contributed by atoms with van der Waals surface area (Å²) in [4.78, 5) is 0. The van der Waals surface area contributed by atoms with Crippen molar-refractivity contribution in [2.45, 2.75) is 13.0 Å². The van der Waals surface area contributed by atoms with Crippen LogP contribution in [0.2, 0.25) is 0 Å². The number of ether oxygens (including phenoxy) is 1. The molecule has 4 nitrogen and oxygen atoms in total. The molecule has 19 heavy (non-hydrogen) atoms. The van der Waals surface area contributed by atoms with Crippen molar-refractivity contribution in [3.05, 3.63) is 48.4 Å². The van der Waals surface area contributed by atoms with Crippen molar-refractivity contribution in [3.8, 4) is 5.75 Å². The summed E-state index contributed by atoms with van der Waals surface area (Å²) in [7, 11) is 1.63. The molecular weight excluding hydrogens is 260 g/mol. The zero-order chi connectivity index (χ0) is 13.7. The van der Waals surface area contributed by atoms with Gasteiger partial charge in [0.25, 0.3) is 0 Å². The molecule has 0 amide bonds. The third-order valence-electron chi connectivity index (χ3n) is 2.65. The Bertz CT molecular complexity index is 540. The number of hydrogen-bond donors (Lipinski definition) is 2. The van der Waals surface area contributed by atoms with E-state index in [-0.39, 0.29) is 6.04 Å². The fourth-order valence-corrected chi connectivity index (χ4v) is 1.97. The molecule has 2 N–H and O–H groups in total. The number of furan rings is 1. The number of rotatable bonds is 4. The zero-order valence-corrected chi connectivity index (χ0v) is 11.7. The first-order chi connectivity index (χ1) is 9.19.